The van der Waals surface area contributed by atoms with E-state index in [2.05, 4.69) is 15.9 Å². The number of anilines is 1. The molecule has 3 aromatic rings. The van der Waals surface area contributed by atoms with Gasteiger partial charge in [-0.3, -0.25) is 5.01 Å². The van der Waals surface area contributed by atoms with Crippen LogP contribution < -0.4 is 9.75 Å². The lowest BCUT2D eigenvalue weighted by Gasteiger charge is -2.24. The highest BCUT2D eigenvalue weighted by Gasteiger charge is 2.31. The molecule has 0 aliphatic carbocycles. The molecule has 0 N–H and O–H groups in total. The Balaban J connectivity index is 1.74. The van der Waals surface area contributed by atoms with Crippen molar-refractivity contribution in [3.63, 3.8) is 0 Å². The first-order valence-electron chi connectivity index (χ1n) is 8.67. The number of nitrogens with zero attached hydrogens (tertiary/aromatic N) is 2. The van der Waals surface area contributed by atoms with Gasteiger partial charge < -0.3 is 4.74 Å². The zero-order chi connectivity index (χ0) is 18.8. The van der Waals surface area contributed by atoms with Gasteiger partial charge in [0.1, 0.15) is 11.6 Å². The number of methoxy groups -OCH3 is 1. The third-order valence-corrected chi connectivity index (χ3v) is 5.22. The first kappa shape index (κ1) is 17.7. The van der Waals surface area contributed by atoms with E-state index in [9.17, 15) is 4.39 Å². The van der Waals surface area contributed by atoms with E-state index < -0.39 is 0 Å². The monoisotopic (exact) mass is 424 g/mol. The fourth-order valence-corrected chi connectivity index (χ4v) is 3.55. The number of hydrogen-bond acceptors (Lipinski definition) is 3. The second-order valence-corrected chi connectivity index (χ2v) is 7.25. The van der Waals surface area contributed by atoms with Gasteiger partial charge in [0.2, 0.25) is 0 Å². The molecule has 0 amide bonds. The minimum atomic E-state index is -0.212. The van der Waals surface area contributed by atoms with Gasteiger partial charge in [-0.1, -0.05) is 34.1 Å². The summed E-state index contributed by atoms with van der Waals surface area (Å²) < 4.78 is 20.7. The average Bonchev–Trinajstić information content (AvgIpc) is 3.14. The Bertz CT molecular complexity index is 970. The van der Waals surface area contributed by atoms with Gasteiger partial charge in [-0.05, 0) is 60.2 Å². The fraction of sp³-hybridized carbons (Fsp3) is 0.136. The Kier molecular flexibility index (Phi) is 4.94. The van der Waals surface area contributed by atoms with Crippen molar-refractivity contribution >= 4 is 27.3 Å². The van der Waals surface area contributed by atoms with Gasteiger partial charge in [-0.2, -0.15) is 5.10 Å². The molecule has 1 atom stereocenters. The highest BCUT2D eigenvalue weighted by atomic mass is 79.9. The van der Waals surface area contributed by atoms with Crippen LogP contribution in [0.5, 0.6) is 5.75 Å². The molecular weight excluding hydrogens is 407 g/mol. The highest BCUT2D eigenvalue weighted by molar-refractivity contribution is 9.10. The third kappa shape index (κ3) is 3.60. The van der Waals surface area contributed by atoms with Gasteiger partial charge in [0.05, 0.1) is 24.6 Å². The van der Waals surface area contributed by atoms with Crippen molar-refractivity contribution in [1.29, 1.82) is 0 Å². The van der Waals surface area contributed by atoms with Crippen molar-refractivity contribution < 1.29 is 9.13 Å². The molecule has 0 radical (unpaired) electrons. The van der Waals surface area contributed by atoms with E-state index >= 15 is 0 Å². The molecule has 0 fully saturated rings. The van der Waals surface area contributed by atoms with E-state index in [-0.39, 0.29) is 11.9 Å². The van der Waals surface area contributed by atoms with Crippen LogP contribution in [-0.4, -0.2) is 12.8 Å². The molecule has 136 valence electrons. The number of halogens is 2. The van der Waals surface area contributed by atoms with Crippen molar-refractivity contribution in [2.75, 3.05) is 12.1 Å². The minimum absolute atomic E-state index is 0.190. The third-order valence-electron chi connectivity index (χ3n) is 4.69. The molecule has 1 unspecified atom stereocenters. The summed E-state index contributed by atoms with van der Waals surface area (Å²) in [6.45, 7) is 0. The second-order valence-electron chi connectivity index (χ2n) is 6.34. The SMILES string of the molecule is COc1ccc(C2=NN(c3ccc(Br)cc3)C(c3ccccc3F)C2)cc1. The van der Waals surface area contributed by atoms with Crippen LogP contribution in [0.3, 0.4) is 0 Å². The lowest BCUT2D eigenvalue weighted by molar-refractivity contribution is 0.415. The summed E-state index contributed by atoms with van der Waals surface area (Å²) >= 11 is 3.46. The summed E-state index contributed by atoms with van der Waals surface area (Å²) in [6, 6.07) is 22.4. The topological polar surface area (TPSA) is 24.8 Å². The summed E-state index contributed by atoms with van der Waals surface area (Å²) in [4.78, 5) is 0. The molecule has 0 saturated carbocycles. The number of benzene rings is 3. The van der Waals surface area contributed by atoms with Crippen LogP contribution in [0.4, 0.5) is 10.1 Å². The first-order chi connectivity index (χ1) is 13.2. The maximum atomic E-state index is 14.5. The van der Waals surface area contributed by atoms with Gasteiger partial charge in [0.25, 0.3) is 0 Å². The van der Waals surface area contributed by atoms with Gasteiger partial charge in [-0.25, -0.2) is 4.39 Å². The molecule has 1 heterocycles. The minimum Gasteiger partial charge on any atom is -0.497 e. The van der Waals surface area contributed by atoms with Crippen LogP contribution in [0.2, 0.25) is 0 Å². The molecule has 4 rings (SSSR count). The number of ether oxygens (including phenoxy) is 1. The molecular formula is C22H18BrFN2O. The van der Waals surface area contributed by atoms with Crippen LogP contribution in [0.25, 0.3) is 0 Å². The van der Waals surface area contributed by atoms with E-state index in [4.69, 9.17) is 9.84 Å². The predicted octanol–water partition coefficient (Wildman–Crippen LogP) is 5.95. The van der Waals surface area contributed by atoms with Gasteiger partial charge in [0, 0.05) is 16.5 Å². The molecule has 0 saturated heterocycles. The van der Waals surface area contributed by atoms with Crippen molar-refractivity contribution in [3.8, 4) is 5.75 Å². The Hall–Kier alpha value is -2.66. The Labute approximate surface area is 166 Å². The molecule has 1 aliphatic rings. The average molecular weight is 425 g/mol. The van der Waals surface area contributed by atoms with Crippen LogP contribution in [0, 0.1) is 5.82 Å². The quantitative estimate of drug-likeness (QED) is 0.516. The summed E-state index contributed by atoms with van der Waals surface area (Å²) in [6.07, 6.45) is 0.628. The van der Waals surface area contributed by atoms with Crippen LogP contribution in [0.1, 0.15) is 23.6 Å². The number of rotatable bonds is 4. The van der Waals surface area contributed by atoms with Gasteiger partial charge >= 0.3 is 0 Å². The molecule has 3 nitrogen and oxygen atoms in total. The van der Waals surface area contributed by atoms with Gasteiger partial charge in [-0.15, -0.1) is 0 Å². The van der Waals surface area contributed by atoms with Crippen molar-refractivity contribution in [3.05, 3.63) is 94.2 Å². The second kappa shape index (κ2) is 7.53. The van der Waals surface area contributed by atoms with Crippen molar-refractivity contribution in [1.82, 2.24) is 0 Å². The van der Waals surface area contributed by atoms with Crippen molar-refractivity contribution in [2.24, 2.45) is 5.10 Å². The molecule has 0 aromatic heterocycles. The summed E-state index contributed by atoms with van der Waals surface area (Å²) in [7, 11) is 1.64. The summed E-state index contributed by atoms with van der Waals surface area (Å²) in [5.41, 5.74) is 3.51. The van der Waals surface area contributed by atoms with Crippen molar-refractivity contribution in [2.45, 2.75) is 12.5 Å². The van der Waals surface area contributed by atoms with E-state index in [1.165, 1.54) is 6.07 Å². The Morgan fingerprint density at radius 1 is 1.00 bits per heavy atom. The molecule has 27 heavy (non-hydrogen) atoms. The normalized spacial score (nSPS) is 16.3. The summed E-state index contributed by atoms with van der Waals surface area (Å²) in [5, 5.41) is 6.75. The van der Waals surface area contributed by atoms with Crippen LogP contribution in [0.15, 0.2) is 82.4 Å². The van der Waals surface area contributed by atoms with E-state index in [0.717, 1.165) is 27.2 Å². The van der Waals surface area contributed by atoms with Crippen LogP contribution in [-0.2, 0) is 0 Å². The summed E-state index contributed by atoms with van der Waals surface area (Å²) in [5.74, 6) is 0.587. The smallest absolute Gasteiger partial charge is 0.128 e. The largest absolute Gasteiger partial charge is 0.497 e. The van der Waals surface area contributed by atoms with Gasteiger partial charge in [0.15, 0.2) is 0 Å². The zero-order valence-electron chi connectivity index (χ0n) is 14.8. The molecule has 1 aliphatic heterocycles. The maximum Gasteiger partial charge on any atom is 0.128 e. The predicted molar refractivity (Wildman–Crippen MR) is 110 cm³/mol. The Morgan fingerprint density at radius 3 is 2.37 bits per heavy atom. The van der Waals surface area contributed by atoms with Crippen LogP contribution >= 0.6 is 15.9 Å². The van der Waals surface area contributed by atoms with E-state index in [1.54, 1.807) is 13.2 Å². The lowest BCUT2D eigenvalue weighted by Crippen LogP contribution is -2.19. The molecule has 3 aromatic carbocycles. The Morgan fingerprint density at radius 2 is 1.70 bits per heavy atom. The zero-order valence-corrected chi connectivity index (χ0v) is 16.4. The molecule has 0 spiro atoms. The number of hydrogen-bond donors (Lipinski definition) is 0. The van der Waals surface area contributed by atoms with E-state index in [0.29, 0.717) is 12.0 Å². The standard InChI is InChI=1S/C22H18BrFN2O/c1-27-18-12-6-15(7-13-18)21-14-22(19-4-2-3-5-20(19)24)26(25-21)17-10-8-16(23)9-11-17/h2-13,22H,14H2,1H3. The highest BCUT2D eigenvalue weighted by Crippen LogP contribution is 2.38. The molecule has 0 bridgehead atoms. The lowest BCUT2D eigenvalue weighted by atomic mass is 9.97. The maximum absolute atomic E-state index is 14.5. The molecule has 5 heteroatoms. The number of hydrazone groups is 1. The fourth-order valence-electron chi connectivity index (χ4n) is 3.29. The van der Waals surface area contributed by atoms with E-state index in [1.807, 2.05) is 65.7 Å². The first-order valence-corrected chi connectivity index (χ1v) is 9.46.